The first kappa shape index (κ1) is 18.8. The molecule has 1 aromatic heterocycles. The topological polar surface area (TPSA) is 65.7 Å². The number of furan rings is 1. The maximum atomic E-state index is 12.8. The first-order valence-corrected chi connectivity index (χ1v) is 9.25. The third-order valence-electron chi connectivity index (χ3n) is 3.80. The summed E-state index contributed by atoms with van der Waals surface area (Å²) in [4.78, 5) is 25.6. The van der Waals surface area contributed by atoms with Crippen LogP contribution in [0.1, 0.15) is 27.8 Å². The molecule has 0 saturated carbocycles. The number of thioether (sulfide) groups is 1. The Morgan fingerprint density at radius 3 is 2.44 bits per heavy atom. The Kier molecular flexibility index (Phi) is 6.33. The molecule has 0 fully saturated rings. The van der Waals surface area contributed by atoms with Crippen LogP contribution in [0.15, 0.2) is 82.3 Å². The van der Waals surface area contributed by atoms with Crippen LogP contribution < -0.4 is 0 Å². The van der Waals surface area contributed by atoms with Crippen molar-refractivity contribution in [1.82, 2.24) is 0 Å². The van der Waals surface area contributed by atoms with Gasteiger partial charge in [0.1, 0.15) is 5.76 Å². The maximum absolute atomic E-state index is 12.8. The molecule has 0 N–H and O–H groups in total. The second-order valence-corrected chi connectivity index (χ2v) is 6.60. The van der Waals surface area contributed by atoms with Crippen LogP contribution in [0.5, 0.6) is 0 Å². The number of ether oxygens (including phenoxy) is 2. The summed E-state index contributed by atoms with van der Waals surface area (Å²) in [6, 6.07) is 19.6. The minimum absolute atomic E-state index is 0.388. The van der Waals surface area contributed by atoms with E-state index in [0.29, 0.717) is 16.9 Å². The molecular formula is C21H18O5S. The van der Waals surface area contributed by atoms with E-state index in [4.69, 9.17) is 13.9 Å². The van der Waals surface area contributed by atoms with Crippen LogP contribution in [-0.4, -0.2) is 19.0 Å². The van der Waals surface area contributed by atoms with E-state index in [1.165, 1.54) is 18.9 Å². The molecule has 0 bridgehead atoms. The van der Waals surface area contributed by atoms with Gasteiger partial charge in [-0.15, -0.1) is 11.8 Å². The Bertz CT molecular complexity index is 890. The number of hydrogen-bond acceptors (Lipinski definition) is 6. The zero-order valence-electron chi connectivity index (χ0n) is 14.7. The summed E-state index contributed by atoms with van der Waals surface area (Å²) in [7, 11) is 1.26. The van der Waals surface area contributed by atoms with Gasteiger partial charge in [-0.25, -0.2) is 9.59 Å². The van der Waals surface area contributed by atoms with Crippen molar-refractivity contribution in [2.45, 2.75) is 16.8 Å². The molecule has 2 aromatic carbocycles. The summed E-state index contributed by atoms with van der Waals surface area (Å²) in [5.74, 6) is 0.170. The molecule has 0 radical (unpaired) electrons. The number of esters is 2. The normalized spacial score (nSPS) is 11.6. The molecule has 1 unspecified atom stereocenters. The first-order chi connectivity index (χ1) is 13.2. The number of hydrogen-bond donors (Lipinski definition) is 0. The highest BCUT2D eigenvalue weighted by Gasteiger charge is 2.27. The van der Waals surface area contributed by atoms with E-state index in [0.717, 1.165) is 10.7 Å². The van der Waals surface area contributed by atoms with Crippen LogP contribution in [0.25, 0.3) is 0 Å². The highest BCUT2D eigenvalue weighted by atomic mass is 32.2. The van der Waals surface area contributed by atoms with Crippen LogP contribution in [0.4, 0.5) is 0 Å². The van der Waals surface area contributed by atoms with E-state index in [1.54, 1.807) is 42.7 Å². The summed E-state index contributed by atoms with van der Waals surface area (Å²) in [6.45, 7) is 0. The maximum Gasteiger partial charge on any atom is 0.351 e. The molecule has 0 aliphatic carbocycles. The zero-order chi connectivity index (χ0) is 19.1. The third kappa shape index (κ3) is 4.80. The van der Waals surface area contributed by atoms with Gasteiger partial charge in [0.25, 0.3) is 0 Å². The second kappa shape index (κ2) is 9.09. The van der Waals surface area contributed by atoms with E-state index in [-0.39, 0.29) is 0 Å². The van der Waals surface area contributed by atoms with E-state index in [9.17, 15) is 9.59 Å². The molecule has 5 nitrogen and oxygen atoms in total. The molecule has 6 heteroatoms. The quantitative estimate of drug-likeness (QED) is 0.438. The molecule has 0 spiro atoms. The lowest BCUT2D eigenvalue weighted by Gasteiger charge is -2.17. The van der Waals surface area contributed by atoms with Crippen molar-refractivity contribution in [3.05, 3.63) is 89.9 Å². The van der Waals surface area contributed by atoms with Crippen molar-refractivity contribution in [3.63, 3.8) is 0 Å². The molecule has 0 aliphatic heterocycles. The number of carbonyl (C=O) groups excluding carboxylic acids is 2. The van der Waals surface area contributed by atoms with E-state index in [1.807, 2.05) is 30.3 Å². The lowest BCUT2D eigenvalue weighted by atomic mass is 10.1. The van der Waals surface area contributed by atoms with Crippen molar-refractivity contribution in [2.75, 3.05) is 7.11 Å². The fraction of sp³-hybridized carbons (Fsp3) is 0.143. The van der Waals surface area contributed by atoms with E-state index >= 15 is 0 Å². The Balaban J connectivity index is 1.79. The fourth-order valence-electron chi connectivity index (χ4n) is 2.46. The van der Waals surface area contributed by atoms with Gasteiger partial charge in [-0.2, -0.15) is 0 Å². The van der Waals surface area contributed by atoms with Crippen molar-refractivity contribution in [3.8, 4) is 0 Å². The van der Waals surface area contributed by atoms with Crippen molar-refractivity contribution < 1.29 is 23.5 Å². The van der Waals surface area contributed by atoms with Gasteiger partial charge < -0.3 is 13.9 Å². The van der Waals surface area contributed by atoms with Crippen LogP contribution in [0.3, 0.4) is 0 Å². The van der Waals surface area contributed by atoms with Crippen LogP contribution in [0, 0.1) is 0 Å². The summed E-state index contributed by atoms with van der Waals surface area (Å²) in [5, 5.41) is 0. The Hall–Kier alpha value is -2.99. The monoisotopic (exact) mass is 382 g/mol. The van der Waals surface area contributed by atoms with Crippen LogP contribution in [-0.2, 0) is 20.0 Å². The SMILES string of the molecule is COC(=O)C(OC(=O)c1ccccc1SCc1ccco1)c1ccccc1. The van der Waals surface area contributed by atoms with Crippen LogP contribution >= 0.6 is 11.8 Å². The lowest BCUT2D eigenvalue weighted by molar-refractivity contribution is -0.151. The molecule has 3 rings (SSSR count). The summed E-state index contributed by atoms with van der Waals surface area (Å²) in [5.41, 5.74) is 0.942. The van der Waals surface area contributed by atoms with Crippen molar-refractivity contribution in [2.24, 2.45) is 0 Å². The number of rotatable bonds is 7. The fourth-order valence-corrected chi connectivity index (χ4v) is 3.41. The highest BCUT2D eigenvalue weighted by Crippen LogP contribution is 2.29. The minimum atomic E-state index is -1.12. The third-order valence-corrected chi connectivity index (χ3v) is 4.90. The molecule has 27 heavy (non-hydrogen) atoms. The molecule has 0 aliphatic rings. The summed E-state index contributed by atoms with van der Waals surface area (Å²) >= 11 is 1.46. The van der Waals surface area contributed by atoms with E-state index in [2.05, 4.69) is 0 Å². The first-order valence-electron chi connectivity index (χ1n) is 8.27. The number of benzene rings is 2. The van der Waals surface area contributed by atoms with Gasteiger partial charge in [0.15, 0.2) is 0 Å². The van der Waals surface area contributed by atoms with Crippen molar-refractivity contribution in [1.29, 1.82) is 0 Å². The summed E-state index contributed by atoms with van der Waals surface area (Å²) in [6.07, 6.45) is 0.489. The van der Waals surface area contributed by atoms with Crippen molar-refractivity contribution >= 4 is 23.7 Å². The predicted molar refractivity (Wildman–Crippen MR) is 101 cm³/mol. The Morgan fingerprint density at radius 2 is 1.74 bits per heavy atom. The summed E-state index contributed by atoms with van der Waals surface area (Å²) < 4.78 is 15.6. The van der Waals surface area contributed by atoms with Crippen LogP contribution in [0.2, 0.25) is 0 Å². The van der Waals surface area contributed by atoms with Gasteiger partial charge in [-0.05, 0) is 24.3 Å². The van der Waals surface area contributed by atoms with Gasteiger partial charge in [0.05, 0.1) is 24.7 Å². The Labute approximate surface area is 161 Å². The Morgan fingerprint density at radius 1 is 1.00 bits per heavy atom. The number of carbonyl (C=O) groups is 2. The highest BCUT2D eigenvalue weighted by molar-refractivity contribution is 7.98. The standard InChI is InChI=1S/C21H18O5S/c1-24-21(23)19(15-8-3-2-4-9-15)26-20(22)17-11-5-6-12-18(17)27-14-16-10-7-13-25-16/h2-13,19H,14H2,1H3. The van der Waals surface area contributed by atoms with E-state index < -0.39 is 18.0 Å². The molecule has 0 amide bonds. The largest absolute Gasteiger partial charge is 0.468 e. The van der Waals surface area contributed by atoms with Gasteiger partial charge in [0, 0.05) is 10.5 Å². The average molecular weight is 382 g/mol. The molecule has 1 heterocycles. The zero-order valence-corrected chi connectivity index (χ0v) is 15.5. The molecule has 138 valence electrons. The van der Waals surface area contributed by atoms with Gasteiger partial charge in [-0.3, -0.25) is 0 Å². The van der Waals surface area contributed by atoms with Gasteiger partial charge in [0.2, 0.25) is 6.10 Å². The predicted octanol–water partition coefficient (Wildman–Crippen LogP) is 4.64. The smallest absolute Gasteiger partial charge is 0.351 e. The average Bonchev–Trinajstić information content (AvgIpc) is 3.24. The molecule has 1 atom stereocenters. The van der Waals surface area contributed by atoms with Gasteiger partial charge in [-0.1, -0.05) is 42.5 Å². The molecular weight excluding hydrogens is 364 g/mol. The lowest BCUT2D eigenvalue weighted by Crippen LogP contribution is -2.21. The number of methoxy groups -OCH3 is 1. The molecule has 0 saturated heterocycles. The van der Waals surface area contributed by atoms with Gasteiger partial charge >= 0.3 is 11.9 Å². The minimum Gasteiger partial charge on any atom is -0.468 e. The second-order valence-electron chi connectivity index (χ2n) is 5.58. The molecule has 3 aromatic rings.